The number of aromatic nitrogens is 3. The van der Waals surface area contributed by atoms with Crippen LogP contribution in [0.25, 0.3) is 0 Å². The Bertz CT molecular complexity index is 582. The Labute approximate surface area is 102 Å². The zero-order chi connectivity index (χ0) is 13.1. The highest BCUT2D eigenvalue weighted by molar-refractivity contribution is 5.84. The molecule has 0 spiro atoms. The normalized spacial score (nSPS) is 10.3. The Morgan fingerprint density at radius 1 is 1.56 bits per heavy atom. The molecule has 18 heavy (non-hydrogen) atoms. The Hall–Kier alpha value is -2.44. The van der Waals surface area contributed by atoms with Crippen molar-refractivity contribution < 1.29 is 13.9 Å². The third-order valence-electron chi connectivity index (χ3n) is 2.34. The number of anilines is 1. The summed E-state index contributed by atoms with van der Waals surface area (Å²) < 4.78 is 18.9. The number of methoxy groups -OCH3 is 1. The minimum absolute atomic E-state index is 0.0486. The zero-order valence-electron chi connectivity index (χ0n) is 9.63. The van der Waals surface area contributed by atoms with E-state index in [0.717, 1.165) is 0 Å². The van der Waals surface area contributed by atoms with E-state index in [-0.39, 0.29) is 18.2 Å². The lowest BCUT2D eigenvalue weighted by Crippen LogP contribution is -2.07. The molecular weight excluding hydrogens is 239 g/mol. The molecule has 0 aliphatic rings. The maximum absolute atomic E-state index is 13.1. The molecule has 0 saturated heterocycles. The number of nitrogen functional groups attached to an aromatic ring is 1. The lowest BCUT2D eigenvalue weighted by molar-refractivity contribution is 0.0586. The highest BCUT2D eigenvalue weighted by Crippen LogP contribution is 2.14. The highest BCUT2D eigenvalue weighted by Gasteiger charge is 2.12. The highest BCUT2D eigenvalue weighted by atomic mass is 19.1. The Morgan fingerprint density at radius 2 is 2.33 bits per heavy atom. The van der Waals surface area contributed by atoms with Crippen LogP contribution in [0.15, 0.2) is 24.5 Å². The molecule has 1 aromatic heterocycles. The molecule has 0 saturated carbocycles. The fourth-order valence-electron chi connectivity index (χ4n) is 1.44. The van der Waals surface area contributed by atoms with Gasteiger partial charge in [-0.1, -0.05) is 0 Å². The van der Waals surface area contributed by atoms with Crippen molar-refractivity contribution in [1.29, 1.82) is 0 Å². The molecule has 0 amide bonds. The minimum atomic E-state index is -0.624. The van der Waals surface area contributed by atoms with E-state index in [1.165, 1.54) is 36.3 Å². The summed E-state index contributed by atoms with van der Waals surface area (Å²) in [5.41, 5.74) is 6.73. The molecule has 2 rings (SSSR count). The molecule has 0 atom stereocenters. The molecule has 0 fully saturated rings. The van der Waals surface area contributed by atoms with Crippen LogP contribution >= 0.6 is 0 Å². The number of nitrogens with two attached hydrogens (primary N) is 1. The van der Waals surface area contributed by atoms with E-state index in [2.05, 4.69) is 14.8 Å². The van der Waals surface area contributed by atoms with Gasteiger partial charge in [-0.15, -0.1) is 5.10 Å². The number of carbonyl (C=O) groups excluding carboxylic acids is 1. The van der Waals surface area contributed by atoms with Crippen LogP contribution in [0.1, 0.15) is 16.2 Å². The summed E-state index contributed by atoms with van der Waals surface area (Å²) in [6.45, 7) is 0.230. The maximum Gasteiger partial charge on any atom is 0.377 e. The van der Waals surface area contributed by atoms with E-state index in [9.17, 15) is 9.18 Å². The molecule has 0 radical (unpaired) electrons. The maximum atomic E-state index is 13.1. The lowest BCUT2D eigenvalue weighted by atomic mass is 10.2. The average molecular weight is 250 g/mol. The van der Waals surface area contributed by atoms with Crippen LogP contribution in [0.4, 0.5) is 10.1 Å². The Morgan fingerprint density at radius 3 is 3.06 bits per heavy atom. The second-order valence-corrected chi connectivity index (χ2v) is 3.60. The third-order valence-corrected chi connectivity index (χ3v) is 2.34. The standard InChI is InChI=1S/C11H11FN4O2/c1-18-11(17)10-14-6-16(15-10)5-7-4-8(12)2-3-9(7)13/h2-4,6H,5,13H2,1H3. The van der Waals surface area contributed by atoms with Gasteiger partial charge in [0.25, 0.3) is 5.82 Å². The topological polar surface area (TPSA) is 83.0 Å². The van der Waals surface area contributed by atoms with Crippen LogP contribution in [0.2, 0.25) is 0 Å². The average Bonchev–Trinajstić information content (AvgIpc) is 2.81. The summed E-state index contributed by atoms with van der Waals surface area (Å²) >= 11 is 0. The molecule has 2 aromatic rings. The van der Waals surface area contributed by atoms with Gasteiger partial charge in [-0.2, -0.15) is 0 Å². The third kappa shape index (κ3) is 2.45. The van der Waals surface area contributed by atoms with E-state index in [1.807, 2.05) is 0 Å². The summed E-state index contributed by atoms with van der Waals surface area (Å²) in [5.74, 6) is -1.05. The van der Waals surface area contributed by atoms with Crippen LogP contribution in [-0.4, -0.2) is 27.8 Å². The fraction of sp³-hybridized carbons (Fsp3) is 0.182. The van der Waals surface area contributed by atoms with Crippen molar-refractivity contribution in [3.8, 4) is 0 Å². The summed E-state index contributed by atoms with van der Waals surface area (Å²) in [7, 11) is 1.24. The first kappa shape index (κ1) is 12.0. The van der Waals surface area contributed by atoms with Crippen LogP contribution < -0.4 is 5.73 Å². The molecule has 2 N–H and O–H groups in total. The van der Waals surface area contributed by atoms with Crippen LogP contribution in [-0.2, 0) is 11.3 Å². The first-order chi connectivity index (χ1) is 8.60. The number of hydrogen-bond acceptors (Lipinski definition) is 5. The van der Waals surface area contributed by atoms with Crippen molar-refractivity contribution in [3.05, 3.63) is 41.7 Å². The molecule has 94 valence electrons. The van der Waals surface area contributed by atoms with Crippen molar-refractivity contribution in [2.45, 2.75) is 6.54 Å². The van der Waals surface area contributed by atoms with Gasteiger partial charge in [0, 0.05) is 5.69 Å². The quantitative estimate of drug-likeness (QED) is 0.644. The van der Waals surface area contributed by atoms with Crippen LogP contribution in [0.5, 0.6) is 0 Å². The smallest absolute Gasteiger partial charge is 0.377 e. The van der Waals surface area contributed by atoms with Gasteiger partial charge in [0.2, 0.25) is 0 Å². The molecule has 1 heterocycles. The van der Waals surface area contributed by atoms with E-state index in [4.69, 9.17) is 5.73 Å². The number of benzene rings is 1. The zero-order valence-corrected chi connectivity index (χ0v) is 9.63. The monoisotopic (exact) mass is 250 g/mol. The van der Waals surface area contributed by atoms with Crippen LogP contribution in [0.3, 0.4) is 0 Å². The number of carbonyl (C=O) groups is 1. The van der Waals surface area contributed by atoms with E-state index >= 15 is 0 Å². The van der Waals surface area contributed by atoms with Crippen molar-refractivity contribution in [2.24, 2.45) is 0 Å². The van der Waals surface area contributed by atoms with Gasteiger partial charge in [0.05, 0.1) is 13.7 Å². The van der Waals surface area contributed by atoms with Gasteiger partial charge in [-0.3, -0.25) is 0 Å². The SMILES string of the molecule is COC(=O)c1ncn(Cc2cc(F)ccc2N)n1. The largest absolute Gasteiger partial charge is 0.463 e. The van der Waals surface area contributed by atoms with Gasteiger partial charge >= 0.3 is 5.97 Å². The Balaban J connectivity index is 2.21. The predicted octanol–water partition coefficient (Wildman–Crippen LogP) is 0.834. The number of nitrogens with zero attached hydrogens (tertiary/aromatic N) is 3. The van der Waals surface area contributed by atoms with Gasteiger partial charge < -0.3 is 10.5 Å². The molecule has 0 unspecified atom stereocenters. The van der Waals surface area contributed by atoms with Crippen LogP contribution in [0, 0.1) is 5.82 Å². The predicted molar refractivity (Wildman–Crippen MR) is 61.3 cm³/mol. The second-order valence-electron chi connectivity index (χ2n) is 3.60. The fourth-order valence-corrected chi connectivity index (χ4v) is 1.44. The first-order valence-electron chi connectivity index (χ1n) is 5.12. The van der Waals surface area contributed by atoms with Crippen molar-refractivity contribution in [1.82, 2.24) is 14.8 Å². The summed E-state index contributed by atoms with van der Waals surface area (Å²) in [5, 5.41) is 3.90. The molecule has 7 heteroatoms. The van der Waals surface area contributed by atoms with Gasteiger partial charge in [-0.25, -0.2) is 18.9 Å². The van der Waals surface area contributed by atoms with Gasteiger partial charge in [0.15, 0.2) is 0 Å². The molecule has 0 bridgehead atoms. The molecule has 1 aromatic carbocycles. The van der Waals surface area contributed by atoms with Crippen molar-refractivity contribution in [3.63, 3.8) is 0 Å². The Kier molecular flexibility index (Phi) is 3.22. The number of rotatable bonds is 3. The lowest BCUT2D eigenvalue weighted by Gasteiger charge is -2.05. The van der Waals surface area contributed by atoms with Gasteiger partial charge in [-0.05, 0) is 23.8 Å². The summed E-state index contributed by atoms with van der Waals surface area (Å²) in [6.07, 6.45) is 1.36. The number of hydrogen-bond donors (Lipinski definition) is 1. The van der Waals surface area contributed by atoms with E-state index in [1.54, 1.807) is 0 Å². The number of esters is 1. The summed E-state index contributed by atoms with van der Waals surface area (Å²) in [4.78, 5) is 14.9. The van der Waals surface area contributed by atoms with Crippen molar-refractivity contribution in [2.75, 3.05) is 12.8 Å². The summed E-state index contributed by atoms with van der Waals surface area (Å²) in [6, 6.07) is 4.07. The minimum Gasteiger partial charge on any atom is -0.463 e. The first-order valence-corrected chi connectivity index (χ1v) is 5.12. The molecule has 0 aliphatic heterocycles. The number of ether oxygens (including phenoxy) is 1. The number of halogens is 1. The van der Waals surface area contributed by atoms with Crippen molar-refractivity contribution >= 4 is 11.7 Å². The molecule has 6 nitrogen and oxygen atoms in total. The van der Waals surface area contributed by atoms with Gasteiger partial charge in [0.1, 0.15) is 12.1 Å². The van der Waals surface area contributed by atoms with E-state index < -0.39 is 5.97 Å². The second kappa shape index (κ2) is 4.82. The van der Waals surface area contributed by atoms with E-state index in [0.29, 0.717) is 11.3 Å². The molecular formula is C11H11FN4O2. The molecule has 0 aliphatic carbocycles.